The maximum atomic E-state index is 11.9. The molecule has 0 unspecified atom stereocenters. The van der Waals surface area contributed by atoms with Gasteiger partial charge in [-0.05, 0) is 35.4 Å². The van der Waals surface area contributed by atoms with Crippen molar-refractivity contribution in [3.63, 3.8) is 0 Å². The molecule has 0 bridgehead atoms. The van der Waals surface area contributed by atoms with E-state index in [9.17, 15) is 13.2 Å². The molecule has 0 atom stereocenters. The normalized spacial score (nSPS) is 14.3. The maximum Gasteiger partial charge on any atom is 0.319 e. The minimum absolute atomic E-state index is 0.127. The molecule has 2 amide bonds. The Kier molecular flexibility index (Phi) is 4.95. The van der Waals surface area contributed by atoms with Crippen molar-refractivity contribution in [2.24, 2.45) is 0 Å². The molecule has 0 aliphatic heterocycles. The Hall–Kier alpha value is -2.53. The number of anilines is 1. The molecule has 134 valence electrons. The van der Waals surface area contributed by atoms with Gasteiger partial charge in [-0.15, -0.1) is 5.10 Å². The van der Waals surface area contributed by atoms with E-state index in [1.54, 1.807) is 16.8 Å². The Labute approximate surface area is 145 Å². The van der Waals surface area contributed by atoms with Crippen LogP contribution in [0.25, 0.3) is 11.4 Å². The van der Waals surface area contributed by atoms with Crippen LogP contribution < -0.4 is 15.4 Å². The molecule has 0 spiro atoms. The summed E-state index contributed by atoms with van der Waals surface area (Å²) in [5.41, 5.74) is 1.41. The van der Waals surface area contributed by atoms with Gasteiger partial charge in [-0.3, -0.25) is 0 Å². The van der Waals surface area contributed by atoms with Crippen LogP contribution in [0.3, 0.4) is 0 Å². The molecule has 1 heterocycles. The second-order valence-corrected chi connectivity index (χ2v) is 7.64. The SMILES string of the molecule is CS(=O)(=O)NCCNC(=O)Nc1cccc(-c2nnnn2C2CC2)c1. The highest BCUT2D eigenvalue weighted by Gasteiger charge is 2.28. The number of nitrogens with one attached hydrogen (secondary N) is 3. The van der Waals surface area contributed by atoms with Crippen molar-refractivity contribution < 1.29 is 13.2 Å². The number of hydrogen-bond acceptors (Lipinski definition) is 6. The molecular weight excluding hydrogens is 346 g/mol. The third-order valence-corrected chi connectivity index (χ3v) is 4.27. The van der Waals surface area contributed by atoms with E-state index in [0.717, 1.165) is 24.7 Å². The molecule has 1 aromatic carbocycles. The van der Waals surface area contributed by atoms with Crippen LogP contribution in [0.5, 0.6) is 0 Å². The number of hydrogen-bond donors (Lipinski definition) is 3. The lowest BCUT2D eigenvalue weighted by Gasteiger charge is -2.09. The molecule has 1 saturated carbocycles. The Morgan fingerprint density at radius 2 is 2.12 bits per heavy atom. The van der Waals surface area contributed by atoms with Crippen molar-refractivity contribution >= 4 is 21.7 Å². The predicted molar refractivity (Wildman–Crippen MR) is 91.4 cm³/mol. The molecule has 1 fully saturated rings. The zero-order valence-corrected chi connectivity index (χ0v) is 14.5. The molecule has 10 nitrogen and oxygen atoms in total. The zero-order chi connectivity index (χ0) is 17.9. The number of carbonyl (C=O) groups is 1. The highest BCUT2D eigenvalue weighted by Crippen LogP contribution is 2.36. The van der Waals surface area contributed by atoms with Crippen molar-refractivity contribution in [3.8, 4) is 11.4 Å². The highest BCUT2D eigenvalue weighted by atomic mass is 32.2. The number of tetrazole rings is 1. The summed E-state index contributed by atoms with van der Waals surface area (Å²) >= 11 is 0. The summed E-state index contributed by atoms with van der Waals surface area (Å²) in [6.07, 6.45) is 3.20. The summed E-state index contributed by atoms with van der Waals surface area (Å²) in [6, 6.07) is 7.16. The van der Waals surface area contributed by atoms with Crippen LogP contribution >= 0.6 is 0 Å². The lowest BCUT2D eigenvalue weighted by atomic mass is 10.2. The standard InChI is InChI=1S/C14H19N7O3S/c1-25(23,24)16-8-7-15-14(22)17-11-4-2-3-10(9-11)13-18-19-20-21(13)12-5-6-12/h2-4,9,12,16H,5-8H2,1H3,(H2,15,17,22). The third kappa shape index (κ3) is 4.97. The van der Waals surface area contributed by atoms with E-state index < -0.39 is 16.1 Å². The Bertz CT molecular complexity index is 861. The van der Waals surface area contributed by atoms with Gasteiger partial charge in [0.2, 0.25) is 10.0 Å². The molecule has 3 rings (SSSR count). The minimum Gasteiger partial charge on any atom is -0.337 e. The molecule has 0 saturated heterocycles. The van der Waals surface area contributed by atoms with E-state index in [1.807, 2.05) is 12.1 Å². The van der Waals surface area contributed by atoms with E-state index in [0.29, 0.717) is 17.6 Å². The fourth-order valence-corrected chi connectivity index (χ4v) is 2.75. The van der Waals surface area contributed by atoms with Gasteiger partial charge >= 0.3 is 6.03 Å². The first-order chi connectivity index (χ1) is 11.9. The summed E-state index contributed by atoms with van der Waals surface area (Å²) in [7, 11) is -3.26. The van der Waals surface area contributed by atoms with Crippen LogP contribution in [0.4, 0.5) is 10.5 Å². The van der Waals surface area contributed by atoms with E-state index in [2.05, 4.69) is 30.9 Å². The Morgan fingerprint density at radius 1 is 1.32 bits per heavy atom. The number of nitrogens with zero attached hydrogens (tertiary/aromatic N) is 4. The van der Waals surface area contributed by atoms with Gasteiger partial charge in [0, 0.05) is 24.3 Å². The second-order valence-electron chi connectivity index (χ2n) is 5.81. The average molecular weight is 365 g/mol. The number of carbonyl (C=O) groups excluding carboxylic acids is 1. The molecular formula is C14H19N7O3S. The molecule has 1 aliphatic rings. The summed E-state index contributed by atoms with van der Waals surface area (Å²) in [4.78, 5) is 11.9. The van der Waals surface area contributed by atoms with E-state index in [1.165, 1.54) is 0 Å². The van der Waals surface area contributed by atoms with Crippen LogP contribution in [0.15, 0.2) is 24.3 Å². The van der Waals surface area contributed by atoms with Gasteiger partial charge in [-0.1, -0.05) is 12.1 Å². The van der Waals surface area contributed by atoms with Gasteiger partial charge < -0.3 is 10.6 Å². The number of urea groups is 1. The maximum absolute atomic E-state index is 11.9. The first kappa shape index (κ1) is 17.3. The monoisotopic (exact) mass is 365 g/mol. The minimum atomic E-state index is -3.26. The van der Waals surface area contributed by atoms with Crippen LogP contribution in [-0.4, -0.2) is 54.0 Å². The fraction of sp³-hybridized carbons (Fsp3) is 0.429. The van der Waals surface area contributed by atoms with Crippen molar-refractivity contribution in [1.82, 2.24) is 30.2 Å². The van der Waals surface area contributed by atoms with E-state index >= 15 is 0 Å². The van der Waals surface area contributed by atoms with E-state index in [4.69, 9.17) is 0 Å². The molecule has 25 heavy (non-hydrogen) atoms. The zero-order valence-electron chi connectivity index (χ0n) is 13.6. The smallest absolute Gasteiger partial charge is 0.319 e. The topological polar surface area (TPSA) is 131 Å². The molecule has 3 N–H and O–H groups in total. The molecule has 11 heteroatoms. The number of sulfonamides is 1. The fourth-order valence-electron chi connectivity index (χ4n) is 2.27. The van der Waals surface area contributed by atoms with Crippen LogP contribution in [-0.2, 0) is 10.0 Å². The van der Waals surface area contributed by atoms with Crippen LogP contribution in [0, 0.1) is 0 Å². The molecule has 1 aromatic heterocycles. The van der Waals surface area contributed by atoms with Gasteiger partial charge in [0.1, 0.15) is 0 Å². The predicted octanol–water partition coefficient (Wildman–Crippen LogP) is 0.346. The summed E-state index contributed by atoms with van der Waals surface area (Å²) in [5.74, 6) is 0.670. The summed E-state index contributed by atoms with van der Waals surface area (Å²) in [6.45, 7) is 0.307. The van der Waals surface area contributed by atoms with Crippen molar-refractivity contribution in [3.05, 3.63) is 24.3 Å². The first-order valence-electron chi connectivity index (χ1n) is 7.80. The highest BCUT2D eigenvalue weighted by molar-refractivity contribution is 7.88. The van der Waals surface area contributed by atoms with Gasteiger partial charge in [0.05, 0.1) is 12.3 Å². The first-order valence-corrected chi connectivity index (χ1v) is 9.69. The van der Waals surface area contributed by atoms with Gasteiger partial charge in [0.15, 0.2) is 5.82 Å². The van der Waals surface area contributed by atoms with Gasteiger partial charge in [-0.25, -0.2) is 22.6 Å². The third-order valence-electron chi connectivity index (χ3n) is 3.54. The van der Waals surface area contributed by atoms with Crippen molar-refractivity contribution in [2.45, 2.75) is 18.9 Å². The number of benzene rings is 1. The van der Waals surface area contributed by atoms with Crippen LogP contribution in [0.1, 0.15) is 18.9 Å². The number of aromatic nitrogens is 4. The largest absolute Gasteiger partial charge is 0.337 e. The number of amides is 2. The quantitative estimate of drug-likeness (QED) is 0.607. The Morgan fingerprint density at radius 3 is 2.84 bits per heavy atom. The number of rotatable bonds is 7. The molecule has 1 aliphatic carbocycles. The van der Waals surface area contributed by atoms with Crippen molar-refractivity contribution in [2.75, 3.05) is 24.7 Å². The van der Waals surface area contributed by atoms with Crippen molar-refractivity contribution in [1.29, 1.82) is 0 Å². The summed E-state index contributed by atoms with van der Waals surface area (Å²) in [5, 5.41) is 17.1. The summed E-state index contributed by atoms with van der Waals surface area (Å²) < 4.78 is 26.0. The van der Waals surface area contributed by atoms with Gasteiger partial charge in [-0.2, -0.15) is 0 Å². The Balaban J connectivity index is 1.58. The average Bonchev–Trinajstić information content (AvgIpc) is 3.28. The van der Waals surface area contributed by atoms with Crippen LogP contribution in [0.2, 0.25) is 0 Å². The second kappa shape index (κ2) is 7.15. The molecule has 0 radical (unpaired) electrons. The van der Waals surface area contributed by atoms with E-state index in [-0.39, 0.29) is 13.1 Å². The van der Waals surface area contributed by atoms with Gasteiger partial charge in [0.25, 0.3) is 0 Å². The lowest BCUT2D eigenvalue weighted by Crippen LogP contribution is -2.36. The lowest BCUT2D eigenvalue weighted by molar-refractivity contribution is 0.252. The molecule has 2 aromatic rings.